The molecule has 2 aliphatic heterocycles. The van der Waals surface area contributed by atoms with Gasteiger partial charge in [-0.2, -0.15) is 0 Å². The molecular weight excluding hydrogens is 659 g/mol. The predicted octanol–water partition coefficient (Wildman–Crippen LogP) is 8.50. The molecule has 2 saturated heterocycles. The normalized spacial score (nSPS) is 15.6. The standard InChI is InChI=1S/C41H40F2N8O/c1-27-25-31(50-23-17-30(18-24-50)49-20-4-2-5-21-49)14-15-34(27)45-41-44-19-16-35(46-41)39-37(47-36-13-3-6-22-51(36)39)28-9-7-10-29(26-28)40(52)48-38-32(42)11-8-12-33(38)43/h3,6-16,19,22,25-26,30H,2,4-5,17-18,20-21,23-24H2,1H3,(H,48,52)(H,44,45,46). The number of hydrogen-bond donors (Lipinski definition) is 2. The highest BCUT2D eigenvalue weighted by Crippen LogP contribution is 2.34. The first kappa shape index (κ1) is 33.5. The fraction of sp³-hybridized carbons (Fsp3) is 0.268. The summed E-state index contributed by atoms with van der Waals surface area (Å²) in [4.78, 5) is 32.7. The Morgan fingerprint density at radius 1 is 0.827 bits per heavy atom. The maximum atomic E-state index is 14.3. The quantitative estimate of drug-likeness (QED) is 0.165. The number of rotatable bonds is 8. The molecule has 0 aliphatic carbocycles. The summed E-state index contributed by atoms with van der Waals surface area (Å²) >= 11 is 0. The molecule has 0 saturated carbocycles. The minimum absolute atomic E-state index is 0.221. The van der Waals surface area contributed by atoms with Crippen LogP contribution in [0.5, 0.6) is 0 Å². The number of carbonyl (C=O) groups excluding carboxylic acids is 1. The van der Waals surface area contributed by atoms with Crippen LogP contribution in [0.25, 0.3) is 28.3 Å². The molecule has 3 aromatic heterocycles. The molecule has 0 bridgehead atoms. The third-order valence-electron chi connectivity index (χ3n) is 10.2. The summed E-state index contributed by atoms with van der Waals surface area (Å²) in [6.45, 7) is 6.73. The van der Waals surface area contributed by atoms with Gasteiger partial charge in [0.25, 0.3) is 5.91 Å². The lowest BCUT2D eigenvalue weighted by Crippen LogP contribution is -2.46. The number of pyridine rings is 1. The number of fused-ring (bicyclic) bond motifs is 1. The van der Waals surface area contributed by atoms with Crippen molar-refractivity contribution in [3.8, 4) is 22.6 Å². The monoisotopic (exact) mass is 698 g/mol. The Balaban J connectivity index is 1.04. The molecule has 2 N–H and O–H groups in total. The van der Waals surface area contributed by atoms with E-state index in [1.165, 1.54) is 56.9 Å². The van der Waals surface area contributed by atoms with Crippen molar-refractivity contribution in [3.05, 3.63) is 120 Å². The number of carbonyl (C=O) groups is 1. The van der Waals surface area contributed by atoms with Crippen molar-refractivity contribution in [3.63, 3.8) is 0 Å². The van der Waals surface area contributed by atoms with E-state index in [1.807, 2.05) is 40.9 Å². The number of para-hydroxylation sites is 1. The molecule has 0 atom stereocenters. The number of anilines is 4. The van der Waals surface area contributed by atoms with Gasteiger partial charge in [-0.3, -0.25) is 9.20 Å². The van der Waals surface area contributed by atoms with Gasteiger partial charge < -0.3 is 20.4 Å². The Labute approximate surface area is 301 Å². The van der Waals surface area contributed by atoms with Crippen LogP contribution in [0.4, 0.5) is 31.8 Å². The molecular formula is C41H40F2N8O. The Morgan fingerprint density at radius 3 is 2.40 bits per heavy atom. The van der Waals surface area contributed by atoms with E-state index in [1.54, 1.807) is 24.4 Å². The van der Waals surface area contributed by atoms with Crippen molar-refractivity contribution < 1.29 is 13.6 Å². The van der Waals surface area contributed by atoms with Gasteiger partial charge in [-0.15, -0.1) is 0 Å². The molecule has 2 fully saturated rings. The largest absolute Gasteiger partial charge is 0.371 e. The lowest BCUT2D eigenvalue weighted by Gasteiger charge is -2.41. The van der Waals surface area contributed by atoms with Gasteiger partial charge in [-0.25, -0.2) is 23.7 Å². The number of aromatic nitrogens is 4. The van der Waals surface area contributed by atoms with Crippen LogP contribution in [-0.4, -0.2) is 62.4 Å². The Bertz CT molecular complexity index is 2220. The van der Waals surface area contributed by atoms with Crippen LogP contribution in [0.3, 0.4) is 0 Å². The molecule has 52 heavy (non-hydrogen) atoms. The highest BCUT2D eigenvalue weighted by Gasteiger charge is 2.26. The van der Waals surface area contributed by atoms with Crippen LogP contribution in [0.2, 0.25) is 0 Å². The molecule has 8 rings (SSSR count). The lowest BCUT2D eigenvalue weighted by atomic mass is 9.99. The fourth-order valence-electron chi connectivity index (χ4n) is 7.48. The number of nitrogens with zero attached hydrogens (tertiary/aromatic N) is 6. The fourth-order valence-corrected chi connectivity index (χ4v) is 7.48. The molecule has 6 aromatic rings. The van der Waals surface area contributed by atoms with Crippen LogP contribution in [0, 0.1) is 18.6 Å². The Morgan fingerprint density at radius 2 is 1.62 bits per heavy atom. The Kier molecular flexibility index (Phi) is 9.34. The van der Waals surface area contributed by atoms with Crippen LogP contribution in [-0.2, 0) is 0 Å². The maximum Gasteiger partial charge on any atom is 0.255 e. The number of benzene rings is 3. The van der Waals surface area contributed by atoms with E-state index in [0.717, 1.165) is 36.5 Å². The van der Waals surface area contributed by atoms with Gasteiger partial charge in [0, 0.05) is 54.0 Å². The van der Waals surface area contributed by atoms with E-state index >= 15 is 0 Å². The van der Waals surface area contributed by atoms with E-state index in [4.69, 9.17) is 9.97 Å². The lowest BCUT2D eigenvalue weighted by molar-refractivity contribution is 0.102. The highest BCUT2D eigenvalue weighted by atomic mass is 19.1. The van der Waals surface area contributed by atoms with Gasteiger partial charge >= 0.3 is 0 Å². The third kappa shape index (κ3) is 6.83. The third-order valence-corrected chi connectivity index (χ3v) is 10.2. The number of aryl methyl sites for hydroxylation is 1. The van der Waals surface area contributed by atoms with Gasteiger partial charge in [0.1, 0.15) is 23.0 Å². The maximum absolute atomic E-state index is 14.3. The zero-order valence-electron chi connectivity index (χ0n) is 29.0. The van der Waals surface area contributed by atoms with Gasteiger partial charge in [0.15, 0.2) is 0 Å². The molecule has 1 amide bonds. The summed E-state index contributed by atoms with van der Waals surface area (Å²) in [5, 5.41) is 5.80. The molecule has 2 aliphatic rings. The highest BCUT2D eigenvalue weighted by molar-refractivity contribution is 6.05. The molecule has 0 unspecified atom stereocenters. The zero-order chi connectivity index (χ0) is 35.6. The number of piperidine rings is 2. The number of nitrogens with one attached hydrogen (secondary N) is 2. The van der Waals surface area contributed by atoms with E-state index in [9.17, 15) is 13.6 Å². The molecule has 0 spiro atoms. The van der Waals surface area contributed by atoms with Crippen molar-refractivity contribution in [2.24, 2.45) is 0 Å². The van der Waals surface area contributed by atoms with Crippen LogP contribution < -0.4 is 15.5 Å². The van der Waals surface area contributed by atoms with Gasteiger partial charge in [-0.05, 0) is 112 Å². The van der Waals surface area contributed by atoms with Crippen molar-refractivity contribution >= 4 is 34.6 Å². The van der Waals surface area contributed by atoms with E-state index < -0.39 is 23.2 Å². The number of hydrogen-bond acceptors (Lipinski definition) is 7. The first-order chi connectivity index (χ1) is 25.4. The van der Waals surface area contributed by atoms with Gasteiger partial charge in [-0.1, -0.05) is 30.7 Å². The second kappa shape index (κ2) is 14.5. The first-order valence-electron chi connectivity index (χ1n) is 17.9. The van der Waals surface area contributed by atoms with Crippen LogP contribution >= 0.6 is 0 Å². The number of likely N-dealkylation sites (tertiary alicyclic amines) is 1. The second-order valence-corrected chi connectivity index (χ2v) is 13.6. The smallest absolute Gasteiger partial charge is 0.255 e. The SMILES string of the molecule is Cc1cc(N2CCC(N3CCCCC3)CC2)ccc1Nc1nccc(-c2c(-c3cccc(C(=O)Nc4c(F)cccc4F)c3)nc3ccccn23)n1. The Hall–Kier alpha value is -5.68. The summed E-state index contributed by atoms with van der Waals surface area (Å²) in [5.74, 6) is -1.91. The van der Waals surface area contributed by atoms with Gasteiger partial charge in [0.05, 0.1) is 17.1 Å². The predicted molar refractivity (Wildman–Crippen MR) is 201 cm³/mol. The van der Waals surface area contributed by atoms with Gasteiger partial charge in [0.2, 0.25) is 5.95 Å². The van der Waals surface area contributed by atoms with Crippen LogP contribution in [0.1, 0.15) is 48.0 Å². The minimum atomic E-state index is -0.852. The number of amides is 1. The summed E-state index contributed by atoms with van der Waals surface area (Å²) in [5.41, 5.74) is 6.24. The van der Waals surface area contributed by atoms with Crippen molar-refractivity contribution in [2.45, 2.75) is 45.1 Å². The minimum Gasteiger partial charge on any atom is -0.371 e. The van der Waals surface area contributed by atoms with E-state index in [0.29, 0.717) is 40.3 Å². The van der Waals surface area contributed by atoms with Crippen molar-refractivity contribution in [2.75, 3.05) is 41.7 Å². The summed E-state index contributed by atoms with van der Waals surface area (Å²) in [7, 11) is 0. The first-order valence-corrected chi connectivity index (χ1v) is 17.9. The number of halogens is 2. The molecule has 3 aromatic carbocycles. The zero-order valence-corrected chi connectivity index (χ0v) is 29.0. The van der Waals surface area contributed by atoms with E-state index in [2.05, 4.69) is 50.5 Å². The van der Waals surface area contributed by atoms with Crippen LogP contribution in [0.15, 0.2) is 97.3 Å². The second-order valence-electron chi connectivity index (χ2n) is 13.6. The molecule has 5 heterocycles. The molecule has 11 heteroatoms. The summed E-state index contributed by atoms with van der Waals surface area (Å²) < 4.78 is 30.5. The van der Waals surface area contributed by atoms with E-state index in [-0.39, 0.29) is 5.56 Å². The summed E-state index contributed by atoms with van der Waals surface area (Å²) in [6, 6.07) is 25.0. The van der Waals surface area contributed by atoms with Crippen molar-refractivity contribution in [1.82, 2.24) is 24.3 Å². The average molecular weight is 699 g/mol. The molecule has 264 valence electrons. The molecule has 9 nitrogen and oxygen atoms in total. The number of imidazole rings is 1. The average Bonchev–Trinajstić information content (AvgIpc) is 3.58. The molecule has 0 radical (unpaired) electrons. The van der Waals surface area contributed by atoms with Crippen molar-refractivity contribution in [1.29, 1.82) is 0 Å². The topological polar surface area (TPSA) is 90.7 Å². The summed E-state index contributed by atoms with van der Waals surface area (Å²) in [6.07, 6.45) is 10.1.